The molecule has 0 fully saturated rings. The summed E-state index contributed by atoms with van der Waals surface area (Å²) in [5, 5.41) is 20.3. The number of rotatable bonds is 8. The molecule has 1 aliphatic heterocycles. The number of furan rings is 2. The summed E-state index contributed by atoms with van der Waals surface area (Å²) < 4.78 is 11.6. The number of amides is 1. The average molecular weight is 472 g/mol. The standard InChI is InChI=1S/C20H17N5O3S3/c26-18(12-30-20-23-22-19(31-20)21-11-13-4-1-7-27-13)25-15(16-5-2-8-28-16)10-14(24-25)17-6-3-9-29-17/h1-9,15H,10-12H2,(H,21,22)/t15-/m0/s1. The van der Waals surface area contributed by atoms with Crippen molar-refractivity contribution in [3.05, 3.63) is 70.7 Å². The second kappa shape index (κ2) is 9.08. The quantitative estimate of drug-likeness (QED) is 0.366. The van der Waals surface area contributed by atoms with Gasteiger partial charge in [-0.05, 0) is 35.7 Å². The molecule has 0 bridgehead atoms. The number of hydrazone groups is 1. The van der Waals surface area contributed by atoms with Crippen LogP contribution in [0.15, 0.2) is 72.6 Å². The number of hydrogen-bond acceptors (Lipinski definition) is 10. The van der Waals surface area contributed by atoms with Crippen molar-refractivity contribution in [1.29, 1.82) is 0 Å². The highest BCUT2D eigenvalue weighted by Crippen LogP contribution is 2.35. The number of carbonyl (C=O) groups excluding carboxylic acids is 1. The van der Waals surface area contributed by atoms with Crippen LogP contribution in [0.2, 0.25) is 0 Å². The lowest BCUT2D eigenvalue weighted by atomic mass is 10.1. The first-order valence-corrected chi connectivity index (χ1v) is 12.1. The second-order valence-corrected chi connectivity index (χ2v) is 9.74. The third kappa shape index (κ3) is 4.58. The van der Waals surface area contributed by atoms with Crippen molar-refractivity contribution in [3.8, 4) is 0 Å². The van der Waals surface area contributed by atoms with Gasteiger partial charge in [0.15, 0.2) is 4.34 Å². The van der Waals surface area contributed by atoms with Crippen LogP contribution in [0, 0.1) is 0 Å². The second-order valence-electron chi connectivity index (χ2n) is 6.59. The van der Waals surface area contributed by atoms with E-state index in [0.29, 0.717) is 22.4 Å². The first kappa shape index (κ1) is 20.0. The van der Waals surface area contributed by atoms with Crippen LogP contribution in [0.5, 0.6) is 0 Å². The van der Waals surface area contributed by atoms with E-state index in [-0.39, 0.29) is 17.7 Å². The molecule has 0 spiro atoms. The Labute approximate surface area is 190 Å². The van der Waals surface area contributed by atoms with Crippen molar-refractivity contribution in [2.75, 3.05) is 11.1 Å². The van der Waals surface area contributed by atoms with Gasteiger partial charge in [0.05, 0.1) is 35.4 Å². The zero-order valence-corrected chi connectivity index (χ0v) is 18.6. The van der Waals surface area contributed by atoms with E-state index < -0.39 is 0 Å². The molecule has 11 heteroatoms. The van der Waals surface area contributed by atoms with E-state index in [2.05, 4.69) is 20.6 Å². The molecule has 8 nitrogen and oxygen atoms in total. The minimum Gasteiger partial charge on any atom is -0.467 e. The molecule has 5 rings (SSSR count). The molecule has 4 aromatic heterocycles. The summed E-state index contributed by atoms with van der Waals surface area (Å²) >= 11 is 4.37. The summed E-state index contributed by atoms with van der Waals surface area (Å²) in [5.41, 5.74) is 0.898. The van der Waals surface area contributed by atoms with Crippen LogP contribution in [-0.2, 0) is 11.3 Å². The zero-order chi connectivity index (χ0) is 21.0. The van der Waals surface area contributed by atoms with Gasteiger partial charge < -0.3 is 14.2 Å². The lowest BCUT2D eigenvalue weighted by Crippen LogP contribution is -2.28. The van der Waals surface area contributed by atoms with Crippen molar-refractivity contribution in [3.63, 3.8) is 0 Å². The summed E-state index contributed by atoms with van der Waals surface area (Å²) in [6.07, 6.45) is 3.88. The van der Waals surface area contributed by atoms with Gasteiger partial charge in [-0.15, -0.1) is 21.5 Å². The maximum atomic E-state index is 13.0. The summed E-state index contributed by atoms with van der Waals surface area (Å²) in [4.78, 5) is 14.1. The largest absolute Gasteiger partial charge is 0.467 e. The van der Waals surface area contributed by atoms with Gasteiger partial charge in [-0.1, -0.05) is 29.2 Å². The Morgan fingerprint density at radius 1 is 1.19 bits per heavy atom. The predicted octanol–water partition coefficient (Wildman–Crippen LogP) is 4.87. The smallest absolute Gasteiger partial charge is 0.253 e. The molecule has 31 heavy (non-hydrogen) atoms. The Hall–Kier alpha value is -2.89. The molecule has 1 atom stereocenters. The molecule has 0 saturated carbocycles. The maximum Gasteiger partial charge on any atom is 0.253 e. The SMILES string of the molecule is O=C(CSc1nnc(NCc2ccco2)s1)N1N=C(c2cccs2)C[C@H]1c1ccco1. The van der Waals surface area contributed by atoms with Crippen molar-refractivity contribution in [2.45, 2.75) is 23.3 Å². The lowest BCUT2D eigenvalue weighted by molar-refractivity contribution is -0.130. The number of anilines is 1. The van der Waals surface area contributed by atoms with E-state index in [1.807, 2.05) is 41.8 Å². The molecule has 1 N–H and O–H groups in total. The van der Waals surface area contributed by atoms with Crippen LogP contribution in [0.4, 0.5) is 5.13 Å². The Bertz CT molecular complexity index is 1150. The van der Waals surface area contributed by atoms with E-state index in [1.54, 1.807) is 23.9 Å². The van der Waals surface area contributed by atoms with Gasteiger partial charge in [0, 0.05) is 6.42 Å². The number of hydrogen-bond donors (Lipinski definition) is 1. The van der Waals surface area contributed by atoms with E-state index >= 15 is 0 Å². The molecule has 0 radical (unpaired) electrons. The normalized spacial score (nSPS) is 15.9. The summed E-state index contributed by atoms with van der Waals surface area (Å²) in [7, 11) is 0. The topological polar surface area (TPSA) is 96.8 Å². The zero-order valence-electron chi connectivity index (χ0n) is 16.1. The van der Waals surface area contributed by atoms with Gasteiger partial charge in [-0.2, -0.15) is 5.10 Å². The van der Waals surface area contributed by atoms with E-state index in [4.69, 9.17) is 8.83 Å². The van der Waals surface area contributed by atoms with Crippen molar-refractivity contribution in [1.82, 2.24) is 15.2 Å². The van der Waals surface area contributed by atoms with Gasteiger partial charge in [0.2, 0.25) is 5.13 Å². The van der Waals surface area contributed by atoms with Crippen LogP contribution in [0.1, 0.15) is 28.9 Å². The van der Waals surface area contributed by atoms with Gasteiger partial charge in [0.25, 0.3) is 5.91 Å². The molecular weight excluding hydrogens is 454 g/mol. The van der Waals surface area contributed by atoms with Crippen LogP contribution in [0.3, 0.4) is 0 Å². The minimum absolute atomic E-state index is 0.0988. The number of nitrogens with zero attached hydrogens (tertiary/aromatic N) is 4. The Morgan fingerprint density at radius 3 is 2.87 bits per heavy atom. The Morgan fingerprint density at radius 2 is 2.10 bits per heavy atom. The van der Waals surface area contributed by atoms with Gasteiger partial charge >= 0.3 is 0 Å². The van der Waals surface area contributed by atoms with Gasteiger partial charge in [-0.25, -0.2) is 5.01 Å². The van der Waals surface area contributed by atoms with Gasteiger partial charge in [0.1, 0.15) is 17.6 Å². The number of carbonyl (C=O) groups is 1. The molecule has 0 aliphatic carbocycles. The Balaban J connectivity index is 1.23. The van der Waals surface area contributed by atoms with Crippen molar-refractivity contribution >= 4 is 51.2 Å². The summed E-state index contributed by atoms with van der Waals surface area (Å²) in [6, 6.07) is 11.2. The molecule has 0 unspecified atom stereocenters. The van der Waals surface area contributed by atoms with Crippen molar-refractivity contribution < 1.29 is 13.6 Å². The molecule has 1 aliphatic rings. The molecular formula is C20H17N5O3S3. The fourth-order valence-electron chi connectivity index (χ4n) is 3.14. The molecule has 1 amide bonds. The van der Waals surface area contributed by atoms with E-state index in [1.165, 1.54) is 28.1 Å². The average Bonchev–Trinajstić information content (AvgIpc) is 3.62. The molecule has 0 saturated heterocycles. The fourth-order valence-corrected chi connectivity index (χ4v) is 5.46. The third-order valence-electron chi connectivity index (χ3n) is 4.56. The van der Waals surface area contributed by atoms with Crippen LogP contribution in [0.25, 0.3) is 0 Å². The van der Waals surface area contributed by atoms with Crippen molar-refractivity contribution in [2.24, 2.45) is 5.10 Å². The highest BCUT2D eigenvalue weighted by Gasteiger charge is 2.35. The number of thioether (sulfide) groups is 1. The molecule has 158 valence electrons. The van der Waals surface area contributed by atoms with Crippen LogP contribution >= 0.6 is 34.4 Å². The number of thiophene rings is 1. The van der Waals surface area contributed by atoms with Crippen LogP contribution in [-0.4, -0.2) is 32.6 Å². The van der Waals surface area contributed by atoms with E-state index in [9.17, 15) is 4.79 Å². The highest BCUT2D eigenvalue weighted by molar-refractivity contribution is 8.01. The summed E-state index contributed by atoms with van der Waals surface area (Å²) in [5.74, 6) is 1.66. The maximum absolute atomic E-state index is 13.0. The van der Waals surface area contributed by atoms with E-state index in [0.717, 1.165) is 22.1 Å². The molecule has 4 aromatic rings. The molecule has 5 heterocycles. The number of aromatic nitrogens is 2. The summed E-state index contributed by atoms with van der Waals surface area (Å²) in [6.45, 7) is 0.532. The highest BCUT2D eigenvalue weighted by atomic mass is 32.2. The minimum atomic E-state index is -0.236. The monoisotopic (exact) mass is 471 g/mol. The number of nitrogens with one attached hydrogen (secondary N) is 1. The molecule has 0 aromatic carbocycles. The predicted molar refractivity (Wildman–Crippen MR) is 120 cm³/mol. The lowest BCUT2D eigenvalue weighted by Gasteiger charge is -2.19. The van der Waals surface area contributed by atoms with Crippen LogP contribution < -0.4 is 5.32 Å². The Kier molecular flexibility index (Phi) is 5.87. The van der Waals surface area contributed by atoms with Gasteiger partial charge in [-0.3, -0.25) is 4.79 Å². The first-order chi connectivity index (χ1) is 15.3. The first-order valence-electron chi connectivity index (χ1n) is 9.45. The third-order valence-corrected chi connectivity index (χ3v) is 7.48. The fraction of sp³-hybridized carbons (Fsp3) is 0.200.